The largest absolute Gasteiger partial charge is 0.495 e. The summed E-state index contributed by atoms with van der Waals surface area (Å²) in [6.45, 7) is 1.92. The van der Waals surface area contributed by atoms with E-state index >= 15 is 0 Å². The first kappa shape index (κ1) is 19.2. The van der Waals surface area contributed by atoms with Gasteiger partial charge in [0.2, 0.25) is 0 Å². The molecule has 1 unspecified atom stereocenters. The first-order chi connectivity index (χ1) is 12.6. The van der Waals surface area contributed by atoms with Gasteiger partial charge in [0, 0.05) is 23.6 Å². The Kier molecular flexibility index (Phi) is 6.56. The molecule has 1 aliphatic heterocycles. The van der Waals surface area contributed by atoms with E-state index in [2.05, 4.69) is 15.9 Å². The third-order valence-electron chi connectivity index (χ3n) is 4.35. The molecule has 0 saturated carbocycles. The molecule has 1 atom stereocenters. The summed E-state index contributed by atoms with van der Waals surface area (Å²) in [5.74, 6) is 1.08. The Balaban J connectivity index is 1.88. The van der Waals surface area contributed by atoms with Gasteiger partial charge in [-0.1, -0.05) is 6.07 Å². The van der Waals surface area contributed by atoms with Crippen LogP contribution in [0.5, 0.6) is 11.5 Å². The fraction of sp³-hybridized carbons (Fsp3) is 0.421. The van der Waals surface area contributed by atoms with E-state index < -0.39 is 0 Å². The first-order valence-corrected chi connectivity index (χ1v) is 10.1. The number of thiophene rings is 1. The monoisotopic (exact) mass is 439 g/mol. The summed E-state index contributed by atoms with van der Waals surface area (Å²) >= 11 is 5.10. The van der Waals surface area contributed by atoms with E-state index in [4.69, 9.17) is 14.2 Å². The van der Waals surface area contributed by atoms with Crippen LogP contribution in [-0.4, -0.2) is 44.3 Å². The van der Waals surface area contributed by atoms with E-state index in [1.54, 1.807) is 37.7 Å². The van der Waals surface area contributed by atoms with Crippen LogP contribution < -0.4 is 9.47 Å². The highest BCUT2D eigenvalue weighted by Crippen LogP contribution is 2.36. The van der Waals surface area contributed by atoms with Gasteiger partial charge in [-0.2, -0.15) is 0 Å². The molecule has 0 radical (unpaired) electrons. The molecule has 2 aromatic rings. The van der Waals surface area contributed by atoms with Gasteiger partial charge in [-0.3, -0.25) is 4.79 Å². The number of methoxy groups -OCH3 is 2. The Morgan fingerprint density at radius 3 is 2.62 bits per heavy atom. The molecule has 7 heteroatoms. The molecule has 0 bridgehead atoms. The Morgan fingerprint density at radius 1 is 1.35 bits per heavy atom. The molecule has 26 heavy (non-hydrogen) atoms. The van der Waals surface area contributed by atoms with E-state index in [1.807, 2.05) is 22.4 Å². The number of carbonyl (C=O) groups is 1. The average molecular weight is 440 g/mol. The molecule has 1 fully saturated rings. The van der Waals surface area contributed by atoms with Gasteiger partial charge in [-0.25, -0.2) is 0 Å². The van der Waals surface area contributed by atoms with Crippen LogP contribution in [0, 0.1) is 0 Å². The standard InChI is InChI=1S/C19H22BrNO4S/c1-23-16-9-13(10-17(24-2)18(16)20)19(22)21(11-14-5-3-7-25-14)12-15-6-4-8-26-15/h4,6,8-10,14H,3,5,7,11-12H2,1-2H3. The van der Waals surface area contributed by atoms with E-state index in [-0.39, 0.29) is 12.0 Å². The summed E-state index contributed by atoms with van der Waals surface area (Å²) < 4.78 is 17.2. The van der Waals surface area contributed by atoms with Crippen molar-refractivity contribution < 1.29 is 19.0 Å². The molecule has 1 aromatic carbocycles. The number of halogens is 1. The van der Waals surface area contributed by atoms with Crippen molar-refractivity contribution in [3.8, 4) is 11.5 Å². The van der Waals surface area contributed by atoms with Gasteiger partial charge in [-0.05, 0) is 52.4 Å². The Morgan fingerprint density at radius 2 is 2.08 bits per heavy atom. The molecular weight excluding hydrogens is 418 g/mol. The Bertz CT molecular complexity index is 719. The number of rotatable bonds is 7. The molecule has 1 saturated heterocycles. The van der Waals surface area contributed by atoms with Crippen LogP contribution in [0.15, 0.2) is 34.1 Å². The smallest absolute Gasteiger partial charge is 0.254 e. The Hall–Kier alpha value is -1.57. The maximum absolute atomic E-state index is 13.3. The topological polar surface area (TPSA) is 48.0 Å². The minimum atomic E-state index is -0.0574. The van der Waals surface area contributed by atoms with Crippen molar-refractivity contribution in [3.63, 3.8) is 0 Å². The van der Waals surface area contributed by atoms with Crippen molar-refractivity contribution in [3.05, 3.63) is 44.6 Å². The molecule has 2 heterocycles. The van der Waals surface area contributed by atoms with Gasteiger partial charge in [0.25, 0.3) is 5.91 Å². The third kappa shape index (κ3) is 4.39. The summed E-state index contributed by atoms with van der Waals surface area (Å²) in [4.78, 5) is 16.3. The molecule has 0 N–H and O–H groups in total. The molecule has 1 aromatic heterocycles. The normalized spacial score (nSPS) is 16.5. The predicted octanol–water partition coefficient (Wildman–Crippen LogP) is 4.35. The van der Waals surface area contributed by atoms with Crippen LogP contribution in [0.1, 0.15) is 28.1 Å². The maximum Gasteiger partial charge on any atom is 0.254 e. The van der Waals surface area contributed by atoms with Crippen molar-refractivity contribution in [1.29, 1.82) is 0 Å². The summed E-state index contributed by atoms with van der Waals surface area (Å²) in [6.07, 6.45) is 2.13. The fourth-order valence-corrected chi connectivity index (χ4v) is 4.29. The quantitative estimate of drug-likeness (QED) is 0.643. The predicted molar refractivity (Wildman–Crippen MR) is 105 cm³/mol. The van der Waals surface area contributed by atoms with Crippen molar-refractivity contribution in [2.75, 3.05) is 27.4 Å². The van der Waals surface area contributed by atoms with Gasteiger partial charge in [0.05, 0.1) is 26.9 Å². The molecule has 140 valence electrons. The fourth-order valence-electron chi connectivity index (χ4n) is 3.02. The number of hydrogen-bond acceptors (Lipinski definition) is 5. The van der Waals surface area contributed by atoms with Crippen LogP contribution in [0.3, 0.4) is 0 Å². The molecule has 1 amide bonds. The second-order valence-corrected chi connectivity index (χ2v) is 7.92. The van der Waals surface area contributed by atoms with Crippen LogP contribution in [0.25, 0.3) is 0 Å². The lowest BCUT2D eigenvalue weighted by Gasteiger charge is -2.25. The van der Waals surface area contributed by atoms with Gasteiger partial charge in [0.15, 0.2) is 0 Å². The molecule has 3 rings (SSSR count). The summed E-state index contributed by atoms with van der Waals surface area (Å²) in [5, 5.41) is 2.02. The zero-order valence-electron chi connectivity index (χ0n) is 14.9. The van der Waals surface area contributed by atoms with Crippen LogP contribution >= 0.6 is 27.3 Å². The first-order valence-electron chi connectivity index (χ1n) is 8.47. The Labute approximate surface area is 166 Å². The molecule has 0 spiro atoms. The van der Waals surface area contributed by atoms with E-state index in [0.717, 1.165) is 24.3 Å². The number of ether oxygens (including phenoxy) is 3. The highest BCUT2D eigenvalue weighted by molar-refractivity contribution is 9.10. The van der Waals surface area contributed by atoms with E-state index in [0.29, 0.717) is 34.6 Å². The SMILES string of the molecule is COc1cc(C(=O)N(Cc2cccs2)CC2CCCO2)cc(OC)c1Br. The number of benzene rings is 1. The second kappa shape index (κ2) is 8.88. The summed E-state index contributed by atoms with van der Waals surface area (Å²) in [5.41, 5.74) is 0.538. The van der Waals surface area contributed by atoms with Crippen LogP contribution in [0.4, 0.5) is 0 Å². The lowest BCUT2D eigenvalue weighted by Crippen LogP contribution is -2.36. The van der Waals surface area contributed by atoms with Gasteiger partial charge in [0.1, 0.15) is 16.0 Å². The molecular formula is C19H22BrNO4S. The molecule has 1 aliphatic rings. The number of hydrogen-bond donors (Lipinski definition) is 0. The van der Waals surface area contributed by atoms with Gasteiger partial charge in [-0.15, -0.1) is 11.3 Å². The van der Waals surface area contributed by atoms with Crippen molar-refractivity contribution >= 4 is 33.2 Å². The van der Waals surface area contributed by atoms with Gasteiger partial charge < -0.3 is 19.1 Å². The number of nitrogens with zero attached hydrogens (tertiary/aromatic N) is 1. The minimum absolute atomic E-state index is 0.0574. The average Bonchev–Trinajstić information content (AvgIpc) is 3.35. The summed E-state index contributed by atoms with van der Waals surface area (Å²) in [6, 6.07) is 7.53. The molecule has 5 nitrogen and oxygen atoms in total. The second-order valence-electron chi connectivity index (χ2n) is 6.09. The van der Waals surface area contributed by atoms with Crippen molar-refractivity contribution in [2.24, 2.45) is 0 Å². The zero-order valence-corrected chi connectivity index (χ0v) is 17.3. The summed E-state index contributed by atoms with van der Waals surface area (Å²) in [7, 11) is 3.15. The van der Waals surface area contributed by atoms with Crippen molar-refractivity contribution in [1.82, 2.24) is 4.90 Å². The third-order valence-corrected chi connectivity index (χ3v) is 6.00. The van der Waals surface area contributed by atoms with E-state index in [9.17, 15) is 4.79 Å². The van der Waals surface area contributed by atoms with E-state index in [1.165, 1.54) is 0 Å². The van der Waals surface area contributed by atoms with Gasteiger partial charge >= 0.3 is 0 Å². The minimum Gasteiger partial charge on any atom is -0.495 e. The molecule has 0 aliphatic carbocycles. The maximum atomic E-state index is 13.3. The lowest BCUT2D eigenvalue weighted by atomic mass is 10.1. The van der Waals surface area contributed by atoms with Crippen LogP contribution in [0.2, 0.25) is 0 Å². The highest BCUT2D eigenvalue weighted by Gasteiger charge is 2.25. The lowest BCUT2D eigenvalue weighted by molar-refractivity contribution is 0.0509. The number of carbonyl (C=O) groups excluding carboxylic acids is 1. The number of amides is 1. The van der Waals surface area contributed by atoms with Crippen molar-refractivity contribution in [2.45, 2.75) is 25.5 Å². The highest BCUT2D eigenvalue weighted by atomic mass is 79.9. The zero-order chi connectivity index (χ0) is 18.5. The van der Waals surface area contributed by atoms with Crippen LogP contribution in [-0.2, 0) is 11.3 Å².